The van der Waals surface area contributed by atoms with E-state index in [4.69, 9.17) is 22.1 Å². The normalized spacial score (nSPS) is 11.6. The highest BCUT2D eigenvalue weighted by Gasteiger charge is 2.22. The molecule has 0 fully saturated rings. The molecule has 3 rings (SSSR count). The number of methoxy groups -OCH3 is 1. The van der Waals surface area contributed by atoms with E-state index in [1.807, 2.05) is 32.0 Å². The van der Waals surface area contributed by atoms with Gasteiger partial charge in [-0.2, -0.15) is 0 Å². The van der Waals surface area contributed by atoms with Gasteiger partial charge >= 0.3 is 0 Å². The molecule has 1 aromatic carbocycles. The fraction of sp³-hybridized carbons (Fsp3) is 0.190. The second-order valence-electron chi connectivity index (χ2n) is 6.43. The van der Waals surface area contributed by atoms with Crippen LogP contribution in [0.1, 0.15) is 29.8 Å². The summed E-state index contributed by atoms with van der Waals surface area (Å²) in [6, 6.07) is 7.47. The first-order valence-electron chi connectivity index (χ1n) is 8.90. The van der Waals surface area contributed by atoms with Crippen molar-refractivity contribution in [2.75, 3.05) is 12.8 Å². The van der Waals surface area contributed by atoms with Gasteiger partial charge in [-0.25, -0.2) is 9.97 Å². The van der Waals surface area contributed by atoms with Crippen LogP contribution in [0.2, 0.25) is 5.02 Å². The lowest BCUT2D eigenvalue weighted by atomic mass is 9.91. The van der Waals surface area contributed by atoms with E-state index < -0.39 is 0 Å². The quantitative estimate of drug-likeness (QED) is 0.524. The van der Waals surface area contributed by atoms with Crippen LogP contribution in [0.4, 0.5) is 5.82 Å². The molecule has 6 nitrogen and oxygen atoms in total. The Kier molecular flexibility index (Phi) is 6.71. The molecule has 0 amide bonds. The summed E-state index contributed by atoms with van der Waals surface area (Å²) < 4.78 is 6.50. The molecule has 2 heterocycles. The summed E-state index contributed by atoms with van der Waals surface area (Å²) in [5, 5.41) is 0.646. The number of hydrogen-bond donors (Lipinski definition) is 2. The van der Waals surface area contributed by atoms with Gasteiger partial charge in [-0.15, -0.1) is 0 Å². The molecule has 0 aliphatic carbocycles. The van der Waals surface area contributed by atoms with E-state index in [1.165, 1.54) is 0 Å². The average Bonchev–Trinajstić information content (AvgIpc) is 2.79. The van der Waals surface area contributed by atoms with E-state index in [0.717, 1.165) is 28.0 Å². The number of benzene rings is 1. The van der Waals surface area contributed by atoms with E-state index in [-0.39, 0.29) is 5.92 Å². The Morgan fingerprint density at radius 2 is 1.97 bits per heavy atom. The van der Waals surface area contributed by atoms with Crippen molar-refractivity contribution in [1.29, 1.82) is 0 Å². The Labute approximate surface area is 183 Å². The van der Waals surface area contributed by atoms with Gasteiger partial charge in [0.05, 0.1) is 11.7 Å². The number of halogens is 2. The Morgan fingerprint density at radius 3 is 2.66 bits per heavy atom. The number of H-pyrrole nitrogens is 1. The number of ether oxygens (including phenoxy) is 1. The standard InChI is InChI=1S/C21H21BrClN5O/c1-12(21-27-8-7-26-18(24)10-17(22)28-21)15-9-16(23)13(2)19(20(15)29-3)14-5-4-6-25-11-14/h4-12H,1-3H3,(H2,24,26)(H,27,28)/t12-/m0/s1. The van der Waals surface area contributed by atoms with Crippen LogP contribution in [0, 0.1) is 6.92 Å². The number of anilines is 1. The zero-order valence-electron chi connectivity index (χ0n) is 16.3. The van der Waals surface area contributed by atoms with Gasteiger partial charge in [0.25, 0.3) is 0 Å². The molecule has 1 atom stereocenters. The van der Waals surface area contributed by atoms with Crippen LogP contribution in [-0.2, 0) is 0 Å². The Hall–Kier alpha value is -2.64. The molecule has 3 aromatic rings. The highest BCUT2D eigenvalue weighted by molar-refractivity contribution is 9.10. The molecule has 0 spiro atoms. The smallest absolute Gasteiger partial charge is 0.131 e. The van der Waals surface area contributed by atoms with Crippen LogP contribution < -0.4 is 10.5 Å². The number of aromatic nitrogens is 4. The number of nitrogens with two attached hydrogens (primary N) is 1. The number of rotatable bonds is 4. The molecule has 0 aliphatic rings. The predicted octanol–water partition coefficient (Wildman–Crippen LogP) is 5.46. The molecule has 0 radical (unpaired) electrons. The minimum Gasteiger partial charge on any atom is -0.496 e. The fourth-order valence-electron chi connectivity index (χ4n) is 3.10. The molecule has 29 heavy (non-hydrogen) atoms. The summed E-state index contributed by atoms with van der Waals surface area (Å²) in [7, 11) is 1.65. The molecule has 2 aromatic heterocycles. The minimum absolute atomic E-state index is 0.164. The van der Waals surface area contributed by atoms with E-state index in [0.29, 0.717) is 21.3 Å². The van der Waals surface area contributed by atoms with E-state index >= 15 is 0 Å². The number of nitrogen functional groups attached to an aromatic ring is 1. The zero-order chi connectivity index (χ0) is 21.0. The molecule has 0 saturated heterocycles. The fourth-order valence-corrected chi connectivity index (χ4v) is 3.75. The van der Waals surface area contributed by atoms with Gasteiger partial charge in [0, 0.05) is 58.5 Å². The van der Waals surface area contributed by atoms with Gasteiger partial charge in [0.15, 0.2) is 0 Å². The number of aromatic amines is 1. The Balaban J connectivity index is 2.24. The SMILES string of the molecule is COc1c([C@H](C)c2nccnc(N)cc(Br)[nH]2)cc(Cl)c(C)c1-c1cccnc1. The first kappa shape index (κ1) is 21.1. The zero-order valence-corrected chi connectivity index (χ0v) is 18.6. The number of pyridine rings is 1. The summed E-state index contributed by atoms with van der Waals surface area (Å²) >= 11 is 10.1. The van der Waals surface area contributed by atoms with E-state index in [1.54, 1.807) is 38.0 Å². The van der Waals surface area contributed by atoms with Crippen LogP contribution in [0.3, 0.4) is 0 Å². The van der Waals surface area contributed by atoms with Crippen molar-refractivity contribution in [3.8, 4) is 16.9 Å². The van der Waals surface area contributed by atoms with E-state index in [9.17, 15) is 0 Å². The second-order valence-corrected chi connectivity index (χ2v) is 7.69. The van der Waals surface area contributed by atoms with Gasteiger partial charge < -0.3 is 15.5 Å². The average molecular weight is 475 g/mol. The third kappa shape index (κ3) is 4.68. The third-order valence-electron chi connectivity index (χ3n) is 4.56. The van der Waals surface area contributed by atoms with Crippen molar-refractivity contribution in [3.05, 3.63) is 75.6 Å². The molecular formula is C21H21BrClN5O. The van der Waals surface area contributed by atoms with Crippen LogP contribution in [0.25, 0.3) is 11.1 Å². The lowest BCUT2D eigenvalue weighted by Gasteiger charge is -2.21. The third-order valence-corrected chi connectivity index (χ3v) is 5.38. The van der Waals surface area contributed by atoms with Gasteiger partial charge in [0.2, 0.25) is 0 Å². The highest BCUT2D eigenvalue weighted by atomic mass is 79.9. The van der Waals surface area contributed by atoms with Crippen molar-refractivity contribution >= 4 is 33.3 Å². The molecule has 0 unspecified atom stereocenters. The first-order valence-corrected chi connectivity index (χ1v) is 10.1. The summed E-state index contributed by atoms with van der Waals surface area (Å²) in [5.74, 6) is 1.61. The number of hydrogen-bond acceptors (Lipinski definition) is 5. The summed E-state index contributed by atoms with van der Waals surface area (Å²) in [6.45, 7) is 4.00. The van der Waals surface area contributed by atoms with Crippen molar-refractivity contribution in [3.63, 3.8) is 0 Å². The monoisotopic (exact) mass is 473 g/mol. The lowest BCUT2D eigenvalue weighted by molar-refractivity contribution is 0.409. The highest BCUT2D eigenvalue weighted by Crippen LogP contribution is 2.43. The molecule has 8 heteroatoms. The Morgan fingerprint density at radius 1 is 1.21 bits per heavy atom. The Bertz CT molecular complexity index is 1070. The van der Waals surface area contributed by atoms with Gasteiger partial charge in [-0.3, -0.25) is 4.98 Å². The molecule has 0 saturated carbocycles. The maximum Gasteiger partial charge on any atom is 0.131 e. The van der Waals surface area contributed by atoms with Crippen LogP contribution in [0.5, 0.6) is 5.75 Å². The molecular weight excluding hydrogens is 454 g/mol. The maximum absolute atomic E-state index is 6.61. The first-order chi connectivity index (χ1) is 13.9. The predicted molar refractivity (Wildman–Crippen MR) is 120 cm³/mol. The van der Waals surface area contributed by atoms with Gasteiger partial charge in [-0.1, -0.05) is 24.6 Å². The lowest BCUT2D eigenvalue weighted by Crippen LogP contribution is -2.06. The molecule has 0 bridgehead atoms. The van der Waals surface area contributed by atoms with Crippen molar-refractivity contribution < 1.29 is 4.74 Å². The van der Waals surface area contributed by atoms with E-state index in [2.05, 4.69) is 35.9 Å². The number of nitrogens with zero attached hydrogens (tertiary/aromatic N) is 3. The molecule has 3 N–H and O–H groups in total. The summed E-state index contributed by atoms with van der Waals surface area (Å²) in [4.78, 5) is 16.1. The summed E-state index contributed by atoms with van der Waals surface area (Å²) in [5.41, 5.74) is 9.50. The van der Waals surface area contributed by atoms with Crippen molar-refractivity contribution in [2.45, 2.75) is 19.8 Å². The number of nitrogens with one attached hydrogen (secondary N) is 1. The van der Waals surface area contributed by atoms with Crippen LogP contribution in [-0.4, -0.2) is 27.0 Å². The maximum atomic E-state index is 6.61. The topological polar surface area (TPSA) is 89.7 Å². The van der Waals surface area contributed by atoms with Gasteiger partial charge in [0.1, 0.15) is 17.4 Å². The largest absolute Gasteiger partial charge is 0.496 e. The van der Waals surface area contributed by atoms with Gasteiger partial charge in [-0.05, 0) is 40.5 Å². The van der Waals surface area contributed by atoms with Crippen LogP contribution >= 0.6 is 27.5 Å². The van der Waals surface area contributed by atoms with Crippen LogP contribution in [0.15, 0.2) is 53.7 Å². The summed E-state index contributed by atoms with van der Waals surface area (Å²) in [6.07, 6.45) is 6.68. The minimum atomic E-state index is -0.164. The second kappa shape index (κ2) is 9.24. The van der Waals surface area contributed by atoms with Crippen molar-refractivity contribution in [2.24, 2.45) is 0 Å². The molecule has 0 aliphatic heterocycles. The molecule has 150 valence electrons. The van der Waals surface area contributed by atoms with Crippen molar-refractivity contribution in [1.82, 2.24) is 19.9 Å².